The lowest BCUT2D eigenvalue weighted by Crippen LogP contribution is -2.25. The number of alkyl halides is 1. The van der Waals surface area contributed by atoms with Gasteiger partial charge in [-0.2, -0.15) is 15.2 Å². The molecule has 0 fully saturated rings. The first-order valence-corrected chi connectivity index (χ1v) is 8.14. The molecule has 0 bridgehead atoms. The molecule has 9 heteroatoms. The maximum absolute atomic E-state index is 13.7. The summed E-state index contributed by atoms with van der Waals surface area (Å²) >= 11 is 0. The molecule has 0 atom stereocenters. The molecular weight excluding hydrogens is 335 g/mol. The number of nitrogens with one attached hydrogen (secondary N) is 1. The van der Waals surface area contributed by atoms with Gasteiger partial charge >= 0.3 is 0 Å². The number of rotatable bonds is 5. The van der Waals surface area contributed by atoms with Gasteiger partial charge in [0, 0.05) is 18.8 Å². The Bertz CT molecular complexity index is 971. The van der Waals surface area contributed by atoms with Crippen molar-refractivity contribution in [2.45, 2.75) is 26.4 Å². The summed E-state index contributed by atoms with van der Waals surface area (Å²) in [6.07, 6.45) is 1.77. The van der Waals surface area contributed by atoms with Gasteiger partial charge in [0.1, 0.15) is 16.9 Å². The van der Waals surface area contributed by atoms with E-state index in [1.54, 1.807) is 17.8 Å². The van der Waals surface area contributed by atoms with Crippen molar-refractivity contribution in [3.63, 3.8) is 0 Å². The minimum Gasteiger partial charge on any atom is -0.382 e. The summed E-state index contributed by atoms with van der Waals surface area (Å²) in [7, 11) is 1.61. The third-order valence-electron chi connectivity index (χ3n) is 3.75. The number of anilines is 2. The van der Waals surface area contributed by atoms with Crippen LogP contribution in [-0.4, -0.2) is 38.8 Å². The summed E-state index contributed by atoms with van der Waals surface area (Å²) in [5.74, 6) is 0.557. The van der Waals surface area contributed by atoms with E-state index in [9.17, 15) is 4.39 Å². The average molecular weight is 356 g/mol. The molecule has 0 radical (unpaired) electrons. The van der Waals surface area contributed by atoms with E-state index in [1.807, 2.05) is 25.1 Å². The number of halogens is 1. The SMILES string of the molecule is CN=Nc1ccc(-c2ccn3nc(NCC(C)(C)F)nc(N)c23)nc1C. The van der Waals surface area contributed by atoms with Gasteiger partial charge in [0.2, 0.25) is 5.95 Å². The highest BCUT2D eigenvalue weighted by atomic mass is 19.1. The molecule has 136 valence electrons. The molecule has 8 nitrogen and oxygen atoms in total. The second-order valence-corrected chi connectivity index (χ2v) is 6.52. The molecule has 3 heterocycles. The zero-order chi connectivity index (χ0) is 18.9. The second kappa shape index (κ2) is 6.66. The molecule has 0 unspecified atom stereocenters. The van der Waals surface area contributed by atoms with Crippen molar-refractivity contribution in [2.24, 2.45) is 10.2 Å². The summed E-state index contributed by atoms with van der Waals surface area (Å²) in [5.41, 5.74) is 8.41. The lowest BCUT2D eigenvalue weighted by Gasteiger charge is -2.15. The number of nitrogen functional groups attached to an aromatic ring is 1. The van der Waals surface area contributed by atoms with Gasteiger partial charge in [-0.1, -0.05) is 0 Å². The second-order valence-electron chi connectivity index (χ2n) is 6.52. The van der Waals surface area contributed by atoms with Gasteiger partial charge in [-0.05, 0) is 39.0 Å². The van der Waals surface area contributed by atoms with E-state index in [4.69, 9.17) is 5.73 Å². The van der Waals surface area contributed by atoms with E-state index in [2.05, 4.69) is 30.6 Å². The number of hydrogen-bond acceptors (Lipinski definition) is 7. The van der Waals surface area contributed by atoms with Crippen LogP contribution >= 0.6 is 0 Å². The van der Waals surface area contributed by atoms with E-state index < -0.39 is 5.67 Å². The number of aryl methyl sites for hydroxylation is 1. The van der Waals surface area contributed by atoms with Crippen LogP contribution in [0.5, 0.6) is 0 Å². The fourth-order valence-electron chi connectivity index (χ4n) is 2.54. The van der Waals surface area contributed by atoms with Gasteiger partial charge in [-0.15, -0.1) is 5.10 Å². The predicted molar refractivity (Wildman–Crippen MR) is 99.5 cm³/mol. The Kier molecular flexibility index (Phi) is 4.54. The Hall–Kier alpha value is -3.10. The molecule has 0 aromatic carbocycles. The van der Waals surface area contributed by atoms with Crippen molar-refractivity contribution in [2.75, 3.05) is 24.6 Å². The van der Waals surface area contributed by atoms with E-state index in [0.717, 1.165) is 17.0 Å². The molecule has 3 aromatic heterocycles. The Morgan fingerprint density at radius 1 is 1.27 bits per heavy atom. The highest BCUT2D eigenvalue weighted by Crippen LogP contribution is 2.30. The lowest BCUT2D eigenvalue weighted by atomic mass is 10.1. The van der Waals surface area contributed by atoms with E-state index in [1.165, 1.54) is 13.8 Å². The van der Waals surface area contributed by atoms with Gasteiger partial charge < -0.3 is 11.1 Å². The number of hydrogen-bond donors (Lipinski definition) is 2. The van der Waals surface area contributed by atoms with Crippen molar-refractivity contribution >= 4 is 23.0 Å². The molecule has 0 spiro atoms. The highest BCUT2D eigenvalue weighted by Gasteiger charge is 2.17. The van der Waals surface area contributed by atoms with Crippen LogP contribution in [-0.2, 0) is 0 Å². The van der Waals surface area contributed by atoms with Crippen molar-refractivity contribution in [1.82, 2.24) is 19.6 Å². The fraction of sp³-hybridized carbons (Fsp3) is 0.353. The van der Waals surface area contributed by atoms with Crippen LogP contribution in [0, 0.1) is 6.92 Å². The van der Waals surface area contributed by atoms with Crippen LogP contribution in [0.3, 0.4) is 0 Å². The van der Waals surface area contributed by atoms with E-state index >= 15 is 0 Å². The minimum absolute atomic E-state index is 0.0836. The molecule has 0 saturated heterocycles. The molecule has 0 amide bonds. The van der Waals surface area contributed by atoms with Gasteiger partial charge in [0.15, 0.2) is 5.82 Å². The fourth-order valence-corrected chi connectivity index (χ4v) is 2.54. The minimum atomic E-state index is -1.38. The number of aromatic nitrogens is 4. The summed E-state index contributed by atoms with van der Waals surface area (Å²) in [4.78, 5) is 8.81. The van der Waals surface area contributed by atoms with Crippen LogP contribution in [0.2, 0.25) is 0 Å². The van der Waals surface area contributed by atoms with Gasteiger partial charge in [0.05, 0.1) is 17.9 Å². The molecule has 0 aliphatic carbocycles. The first-order valence-electron chi connectivity index (χ1n) is 8.14. The zero-order valence-corrected chi connectivity index (χ0v) is 15.2. The number of pyridine rings is 1. The zero-order valence-electron chi connectivity index (χ0n) is 15.2. The van der Waals surface area contributed by atoms with Crippen LogP contribution in [0.4, 0.5) is 21.8 Å². The Labute approximate surface area is 150 Å². The Morgan fingerprint density at radius 3 is 2.69 bits per heavy atom. The summed E-state index contributed by atoms with van der Waals surface area (Å²) in [6, 6.07) is 5.57. The Balaban J connectivity index is 2.00. The van der Waals surface area contributed by atoms with Gasteiger partial charge in [0.25, 0.3) is 0 Å². The normalized spacial score (nSPS) is 12.2. The van der Waals surface area contributed by atoms with Crippen molar-refractivity contribution in [1.29, 1.82) is 0 Å². The van der Waals surface area contributed by atoms with E-state index in [-0.39, 0.29) is 18.3 Å². The average Bonchev–Trinajstić information content (AvgIpc) is 2.99. The number of nitrogens with zero attached hydrogens (tertiary/aromatic N) is 6. The Morgan fingerprint density at radius 2 is 2.04 bits per heavy atom. The third kappa shape index (κ3) is 3.61. The smallest absolute Gasteiger partial charge is 0.243 e. The molecule has 3 N–H and O–H groups in total. The molecule has 26 heavy (non-hydrogen) atoms. The summed E-state index contributed by atoms with van der Waals surface area (Å²) < 4.78 is 15.3. The van der Waals surface area contributed by atoms with Crippen LogP contribution in [0.15, 0.2) is 34.6 Å². The standard InChI is InChI=1S/C17H21FN8/c1-10-12(24-20-4)5-6-13(22-10)11-7-8-26-14(11)15(19)23-16(25-26)21-9-17(2,3)18/h5-8H,9H2,1-4H3,(H3,19,21,23,25). The quantitative estimate of drug-likeness (QED) is 0.680. The van der Waals surface area contributed by atoms with Crippen molar-refractivity contribution < 1.29 is 4.39 Å². The maximum atomic E-state index is 13.7. The first-order chi connectivity index (χ1) is 12.3. The highest BCUT2D eigenvalue weighted by molar-refractivity contribution is 5.86. The molecule has 3 aromatic rings. The third-order valence-corrected chi connectivity index (χ3v) is 3.75. The molecule has 0 aliphatic heterocycles. The number of fused-ring (bicyclic) bond motifs is 1. The predicted octanol–water partition coefficient (Wildman–Crippen LogP) is 3.56. The largest absolute Gasteiger partial charge is 0.382 e. The van der Waals surface area contributed by atoms with Crippen LogP contribution in [0.25, 0.3) is 16.8 Å². The maximum Gasteiger partial charge on any atom is 0.243 e. The molecule has 0 saturated carbocycles. The monoisotopic (exact) mass is 356 g/mol. The number of nitrogens with two attached hydrogens (primary N) is 1. The van der Waals surface area contributed by atoms with Crippen LogP contribution < -0.4 is 11.1 Å². The summed E-state index contributed by atoms with van der Waals surface area (Å²) in [5, 5.41) is 15.0. The molecule has 0 aliphatic rings. The topological polar surface area (TPSA) is 106 Å². The first kappa shape index (κ1) is 17.7. The van der Waals surface area contributed by atoms with Crippen LogP contribution in [0.1, 0.15) is 19.5 Å². The lowest BCUT2D eigenvalue weighted by molar-refractivity contribution is 0.234. The van der Waals surface area contributed by atoms with Crippen molar-refractivity contribution in [3.8, 4) is 11.3 Å². The van der Waals surface area contributed by atoms with Crippen molar-refractivity contribution in [3.05, 3.63) is 30.1 Å². The molecular formula is C17H21FN8. The van der Waals surface area contributed by atoms with Gasteiger partial charge in [-0.3, -0.25) is 4.98 Å². The summed E-state index contributed by atoms with van der Waals surface area (Å²) in [6.45, 7) is 4.91. The van der Waals surface area contributed by atoms with E-state index in [0.29, 0.717) is 11.2 Å². The van der Waals surface area contributed by atoms with Gasteiger partial charge in [-0.25, -0.2) is 8.91 Å². The number of azo groups is 1. The molecule has 3 rings (SSSR count).